The van der Waals surface area contributed by atoms with Crippen LogP contribution < -0.4 is 15.5 Å². The summed E-state index contributed by atoms with van der Waals surface area (Å²) in [5, 5.41) is 5.52. The number of methoxy groups -OCH3 is 1. The van der Waals surface area contributed by atoms with Crippen LogP contribution in [0.1, 0.15) is 50.5 Å². The molecule has 2 heterocycles. The lowest BCUT2D eigenvalue weighted by Crippen LogP contribution is -2.50. The molecule has 10 nitrogen and oxygen atoms in total. The molecule has 3 rings (SSSR count). The average Bonchev–Trinajstić information content (AvgIpc) is 2.90. The number of ether oxygens (including phenoxy) is 2. The highest BCUT2D eigenvalue weighted by molar-refractivity contribution is 5.95. The Morgan fingerprint density at radius 1 is 0.973 bits per heavy atom. The first-order valence-corrected chi connectivity index (χ1v) is 12.8. The van der Waals surface area contributed by atoms with Crippen LogP contribution in [0.2, 0.25) is 0 Å². The number of hydrogen-bond donors (Lipinski definition) is 2. The number of halogens is 1. The lowest BCUT2D eigenvalue weighted by molar-refractivity contribution is -0.136. The molecule has 37 heavy (non-hydrogen) atoms. The largest absolute Gasteiger partial charge is 0.453 e. The van der Waals surface area contributed by atoms with Crippen molar-refractivity contribution in [2.45, 2.75) is 57.4 Å². The zero-order valence-electron chi connectivity index (χ0n) is 21.5. The quantitative estimate of drug-likeness (QED) is 0.418. The fourth-order valence-electron chi connectivity index (χ4n) is 4.57. The molecule has 1 aromatic rings. The number of anilines is 1. The van der Waals surface area contributed by atoms with Gasteiger partial charge in [0.25, 0.3) is 0 Å². The van der Waals surface area contributed by atoms with Gasteiger partial charge in [-0.25, -0.2) is 4.79 Å². The first kappa shape index (κ1) is 30.4. The van der Waals surface area contributed by atoms with E-state index in [1.807, 2.05) is 24.3 Å². The predicted molar refractivity (Wildman–Crippen MR) is 142 cm³/mol. The molecule has 1 saturated heterocycles. The Hall–Kier alpha value is -2.85. The number of amides is 4. The molecule has 1 fully saturated rings. The van der Waals surface area contributed by atoms with Crippen molar-refractivity contribution in [3.63, 3.8) is 0 Å². The Kier molecular flexibility index (Phi) is 13.2. The van der Waals surface area contributed by atoms with E-state index in [9.17, 15) is 19.2 Å². The molecule has 0 bridgehead atoms. The minimum atomic E-state index is -0.496. The van der Waals surface area contributed by atoms with Crippen molar-refractivity contribution in [2.24, 2.45) is 0 Å². The number of carbonyl (C=O) groups is 4. The molecule has 206 valence electrons. The van der Waals surface area contributed by atoms with Crippen molar-refractivity contribution < 1.29 is 28.7 Å². The van der Waals surface area contributed by atoms with Gasteiger partial charge in [-0.15, -0.1) is 12.4 Å². The number of benzene rings is 1. The van der Waals surface area contributed by atoms with Crippen LogP contribution in [0, 0.1) is 0 Å². The summed E-state index contributed by atoms with van der Waals surface area (Å²) in [6.07, 6.45) is 5.26. The lowest BCUT2D eigenvalue weighted by atomic mass is 9.97. The van der Waals surface area contributed by atoms with E-state index in [0.717, 1.165) is 43.4 Å². The van der Waals surface area contributed by atoms with Crippen molar-refractivity contribution in [2.75, 3.05) is 51.4 Å². The van der Waals surface area contributed by atoms with Gasteiger partial charge in [0, 0.05) is 38.2 Å². The summed E-state index contributed by atoms with van der Waals surface area (Å²) in [4.78, 5) is 52.2. The van der Waals surface area contributed by atoms with Crippen LogP contribution >= 0.6 is 12.4 Å². The normalized spacial score (nSPS) is 16.7. The topological polar surface area (TPSA) is 117 Å². The number of fused-ring (bicyclic) bond motifs is 1. The number of rotatable bonds is 11. The molecule has 4 amide bonds. The van der Waals surface area contributed by atoms with E-state index in [1.165, 1.54) is 7.11 Å². The second-order valence-electron chi connectivity index (χ2n) is 9.21. The van der Waals surface area contributed by atoms with E-state index in [0.29, 0.717) is 52.1 Å². The monoisotopic (exact) mass is 538 g/mol. The van der Waals surface area contributed by atoms with Crippen molar-refractivity contribution in [3.8, 4) is 0 Å². The van der Waals surface area contributed by atoms with Gasteiger partial charge in [-0.1, -0.05) is 37.5 Å². The van der Waals surface area contributed by atoms with E-state index in [2.05, 4.69) is 10.6 Å². The van der Waals surface area contributed by atoms with Gasteiger partial charge in [0.15, 0.2) is 0 Å². The molecule has 0 radical (unpaired) electrons. The standard InChI is InChI=1S/C26H38N4O6.ClH/c1-35-26(34)28-21-17-20-9-7-8-10-22(20)30(19-21)24(32)12-6-4-2-3-5-11-23(31)27-18-25(33)29-13-15-36-16-14-29;/h7-10,21H,2-6,11-19H2,1H3,(H,27,31)(H,28,34);1H/t21-;/m0./s1. The van der Waals surface area contributed by atoms with Gasteiger partial charge in [0.1, 0.15) is 0 Å². The number of carbonyl (C=O) groups excluding carboxylic acids is 4. The summed E-state index contributed by atoms with van der Waals surface area (Å²) >= 11 is 0. The molecule has 0 aromatic heterocycles. The fraction of sp³-hybridized carbons (Fsp3) is 0.615. The number of unbranched alkanes of at least 4 members (excludes halogenated alkanes) is 4. The Morgan fingerprint density at radius 2 is 1.65 bits per heavy atom. The van der Waals surface area contributed by atoms with Crippen LogP contribution in [0.3, 0.4) is 0 Å². The number of morpholine rings is 1. The minimum Gasteiger partial charge on any atom is -0.453 e. The van der Waals surface area contributed by atoms with Crippen molar-refractivity contribution in [1.82, 2.24) is 15.5 Å². The Balaban J connectivity index is 0.00000481. The summed E-state index contributed by atoms with van der Waals surface area (Å²) in [7, 11) is 1.33. The van der Waals surface area contributed by atoms with Gasteiger partial charge in [-0.2, -0.15) is 0 Å². The molecule has 0 unspecified atom stereocenters. The Morgan fingerprint density at radius 3 is 2.38 bits per heavy atom. The highest BCUT2D eigenvalue weighted by atomic mass is 35.5. The SMILES string of the molecule is COC(=O)N[C@H]1Cc2ccccc2N(C(=O)CCCCCCCC(=O)NCC(=O)N2CCOCC2)C1.Cl. The number of nitrogens with zero attached hydrogens (tertiary/aromatic N) is 2. The highest BCUT2D eigenvalue weighted by Gasteiger charge is 2.29. The Bertz CT molecular complexity index is 909. The molecule has 2 aliphatic heterocycles. The molecule has 0 spiro atoms. The zero-order chi connectivity index (χ0) is 25.8. The third-order valence-corrected chi connectivity index (χ3v) is 6.56. The van der Waals surface area contributed by atoms with Crippen LogP contribution in [0.5, 0.6) is 0 Å². The minimum absolute atomic E-state index is 0. The van der Waals surface area contributed by atoms with Gasteiger partial charge in [0.2, 0.25) is 17.7 Å². The van der Waals surface area contributed by atoms with Crippen LogP contribution in [0.25, 0.3) is 0 Å². The number of para-hydroxylation sites is 1. The molecule has 0 saturated carbocycles. The van der Waals surface area contributed by atoms with E-state index in [-0.39, 0.29) is 42.7 Å². The van der Waals surface area contributed by atoms with Gasteiger partial charge in [-0.05, 0) is 30.9 Å². The molecular formula is C26H39ClN4O6. The molecule has 11 heteroatoms. The maximum absolute atomic E-state index is 13.0. The first-order chi connectivity index (χ1) is 17.5. The Labute approximate surface area is 224 Å². The van der Waals surface area contributed by atoms with Gasteiger partial charge >= 0.3 is 6.09 Å². The summed E-state index contributed by atoms with van der Waals surface area (Å²) in [6, 6.07) is 7.59. The van der Waals surface area contributed by atoms with Crippen molar-refractivity contribution in [3.05, 3.63) is 29.8 Å². The second kappa shape index (κ2) is 16.1. The number of hydrogen-bond acceptors (Lipinski definition) is 6. The van der Waals surface area contributed by atoms with Crippen LogP contribution in [-0.4, -0.2) is 81.3 Å². The fourth-order valence-corrected chi connectivity index (χ4v) is 4.57. The molecule has 1 aromatic carbocycles. The molecular weight excluding hydrogens is 500 g/mol. The zero-order valence-corrected chi connectivity index (χ0v) is 22.4. The van der Waals surface area contributed by atoms with Gasteiger partial charge < -0.3 is 29.9 Å². The maximum atomic E-state index is 13.0. The van der Waals surface area contributed by atoms with Crippen LogP contribution in [0.15, 0.2) is 24.3 Å². The maximum Gasteiger partial charge on any atom is 0.407 e. The molecule has 2 aliphatic rings. The van der Waals surface area contributed by atoms with Crippen molar-refractivity contribution >= 4 is 41.9 Å². The molecule has 0 aliphatic carbocycles. The summed E-state index contributed by atoms with van der Waals surface area (Å²) < 4.78 is 9.94. The van der Waals surface area contributed by atoms with Crippen LogP contribution in [-0.2, 0) is 30.3 Å². The number of nitrogens with one attached hydrogen (secondary N) is 2. The van der Waals surface area contributed by atoms with Gasteiger partial charge in [0.05, 0.1) is 32.9 Å². The van der Waals surface area contributed by atoms with E-state index in [4.69, 9.17) is 9.47 Å². The third kappa shape index (κ3) is 9.85. The summed E-state index contributed by atoms with van der Waals surface area (Å²) in [6.45, 7) is 2.71. The van der Waals surface area contributed by atoms with E-state index >= 15 is 0 Å². The predicted octanol–water partition coefficient (Wildman–Crippen LogP) is 2.43. The highest BCUT2D eigenvalue weighted by Crippen LogP contribution is 2.28. The van der Waals surface area contributed by atoms with Crippen LogP contribution in [0.4, 0.5) is 10.5 Å². The van der Waals surface area contributed by atoms with E-state index < -0.39 is 6.09 Å². The summed E-state index contributed by atoms with van der Waals surface area (Å²) in [5.41, 5.74) is 1.94. The first-order valence-electron chi connectivity index (χ1n) is 12.8. The third-order valence-electron chi connectivity index (χ3n) is 6.56. The smallest absolute Gasteiger partial charge is 0.407 e. The molecule has 2 N–H and O–H groups in total. The summed E-state index contributed by atoms with van der Waals surface area (Å²) in [5.74, 6) is -0.131. The van der Waals surface area contributed by atoms with Crippen molar-refractivity contribution in [1.29, 1.82) is 0 Å². The lowest BCUT2D eigenvalue weighted by Gasteiger charge is -2.34. The second-order valence-corrected chi connectivity index (χ2v) is 9.21. The van der Waals surface area contributed by atoms with Gasteiger partial charge in [-0.3, -0.25) is 14.4 Å². The molecule has 1 atom stereocenters. The number of alkyl carbamates (subject to hydrolysis) is 1. The van der Waals surface area contributed by atoms with E-state index in [1.54, 1.807) is 9.80 Å². The average molecular weight is 539 g/mol.